The molecule has 0 amide bonds. The third-order valence-corrected chi connectivity index (χ3v) is 6.97. The molecule has 2 N–H and O–H groups in total. The second kappa shape index (κ2) is 8.81. The fourth-order valence-corrected chi connectivity index (χ4v) is 4.98. The summed E-state index contributed by atoms with van der Waals surface area (Å²) in [4.78, 5) is 0.239. The summed E-state index contributed by atoms with van der Waals surface area (Å²) in [6.07, 6.45) is 0. The van der Waals surface area contributed by atoms with Crippen molar-refractivity contribution in [2.75, 3.05) is 5.32 Å². The summed E-state index contributed by atoms with van der Waals surface area (Å²) in [7, 11) is -3.69. The molecule has 0 bridgehead atoms. The molecule has 0 aromatic heterocycles. The SMILES string of the molecule is O=S(=O)(c1ccccc1)C(NC(=S)Nc1ccccc1I)c1ccccc1. The van der Waals surface area contributed by atoms with E-state index in [1.54, 1.807) is 54.6 Å². The first kappa shape index (κ1) is 19.8. The van der Waals surface area contributed by atoms with Gasteiger partial charge in [0.1, 0.15) is 0 Å². The quantitative estimate of drug-likeness (QED) is 0.385. The van der Waals surface area contributed by atoms with Crippen molar-refractivity contribution in [3.63, 3.8) is 0 Å². The first-order valence-electron chi connectivity index (χ1n) is 8.14. The number of hydrogen-bond acceptors (Lipinski definition) is 3. The number of halogens is 1. The van der Waals surface area contributed by atoms with Crippen LogP contribution >= 0.6 is 34.8 Å². The van der Waals surface area contributed by atoms with E-state index < -0.39 is 15.2 Å². The van der Waals surface area contributed by atoms with Gasteiger partial charge in [-0.2, -0.15) is 0 Å². The minimum absolute atomic E-state index is 0.239. The summed E-state index contributed by atoms with van der Waals surface area (Å²) in [5.41, 5.74) is 1.44. The van der Waals surface area contributed by atoms with Crippen molar-refractivity contribution in [1.29, 1.82) is 0 Å². The molecule has 4 nitrogen and oxygen atoms in total. The lowest BCUT2D eigenvalue weighted by molar-refractivity contribution is 0.577. The second-order valence-corrected chi connectivity index (χ2v) is 9.33. The zero-order valence-corrected chi connectivity index (χ0v) is 18.0. The van der Waals surface area contributed by atoms with Gasteiger partial charge in [-0.05, 0) is 64.6 Å². The van der Waals surface area contributed by atoms with E-state index in [4.69, 9.17) is 12.2 Å². The van der Waals surface area contributed by atoms with Gasteiger partial charge in [-0.25, -0.2) is 8.42 Å². The minimum atomic E-state index is -3.69. The molecular formula is C20H17IN2O2S2. The van der Waals surface area contributed by atoms with Crippen LogP contribution in [0.1, 0.15) is 10.9 Å². The summed E-state index contributed by atoms with van der Waals surface area (Å²) in [6.45, 7) is 0. The van der Waals surface area contributed by atoms with Crippen LogP contribution in [0.25, 0.3) is 0 Å². The first-order chi connectivity index (χ1) is 13.0. The Hall–Kier alpha value is -1.97. The summed E-state index contributed by atoms with van der Waals surface area (Å²) in [6, 6.07) is 25.0. The van der Waals surface area contributed by atoms with E-state index in [0.29, 0.717) is 5.56 Å². The van der Waals surface area contributed by atoms with Crippen LogP contribution in [0.2, 0.25) is 0 Å². The number of para-hydroxylation sites is 1. The maximum atomic E-state index is 13.2. The van der Waals surface area contributed by atoms with E-state index in [2.05, 4.69) is 33.2 Å². The van der Waals surface area contributed by atoms with E-state index in [1.807, 2.05) is 30.3 Å². The monoisotopic (exact) mass is 508 g/mol. The van der Waals surface area contributed by atoms with Gasteiger partial charge < -0.3 is 10.6 Å². The van der Waals surface area contributed by atoms with E-state index in [0.717, 1.165) is 9.26 Å². The lowest BCUT2D eigenvalue weighted by atomic mass is 10.2. The van der Waals surface area contributed by atoms with Gasteiger partial charge in [0.15, 0.2) is 10.5 Å². The smallest absolute Gasteiger partial charge is 0.203 e. The van der Waals surface area contributed by atoms with Gasteiger partial charge >= 0.3 is 0 Å². The molecule has 27 heavy (non-hydrogen) atoms. The molecule has 0 aliphatic carbocycles. The Morgan fingerprint density at radius 1 is 0.852 bits per heavy atom. The van der Waals surface area contributed by atoms with Crippen LogP contribution in [-0.4, -0.2) is 13.5 Å². The topological polar surface area (TPSA) is 58.2 Å². The minimum Gasteiger partial charge on any atom is -0.342 e. The Morgan fingerprint density at radius 2 is 1.41 bits per heavy atom. The maximum absolute atomic E-state index is 13.2. The summed E-state index contributed by atoms with van der Waals surface area (Å²) in [5, 5.41) is 5.30. The largest absolute Gasteiger partial charge is 0.342 e. The zero-order valence-electron chi connectivity index (χ0n) is 14.2. The third-order valence-electron chi connectivity index (χ3n) is 3.87. The lowest BCUT2D eigenvalue weighted by Crippen LogP contribution is -2.36. The summed E-state index contributed by atoms with van der Waals surface area (Å²) < 4.78 is 27.5. The van der Waals surface area contributed by atoms with Crippen LogP contribution in [0, 0.1) is 3.57 Å². The molecule has 0 spiro atoms. The average Bonchev–Trinajstić information content (AvgIpc) is 2.69. The number of benzene rings is 3. The standard InChI is InChI=1S/C20H17IN2O2S2/c21-17-13-7-8-14-18(17)22-20(26)23-19(15-9-3-1-4-10-15)27(24,25)16-11-5-2-6-12-16/h1-14,19H,(H2,22,23,26). The van der Waals surface area contributed by atoms with Crippen LogP contribution in [0.15, 0.2) is 89.8 Å². The Balaban J connectivity index is 1.92. The Kier molecular flexibility index (Phi) is 6.46. The molecule has 3 aromatic rings. The van der Waals surface area contributed by atoms with Gasteiger partial charge in [0.05, 0.1) is 10.6 Å². The predicted octanol–water partition coefficient (Wildman–Crippen LogP) is 4.75. The van der Waals surface area contributed by atoms with Gasteiger partial charge in [0.2, 0.25) is 9.84 Å². The third kappa shape index (κ3) is 4.85. The van der Waals surface area contributed by atoms with E-state index in [1.165, 1.54) is 0 Å². The van der Waals surface area contributed by atoms with Crippen molar-refractivity contribution in [3.8, 4) is 0 Å². The maximum Gasteiger partial charge on any atom is 0.203 e. The average molecular weight is 508 g/mol. The molecular weight excluding hydrogens is 491 g/mol. The van der Waals surface area contributed by atoms with Crippen molar-refractivity contribution in [2.24, 2.45) is 0 Å². The Bertz CT molecular complexity index is 1030. The van der Waals surface area contributed by atoms with E-state index >= 15 is 0 Å². The first-order valence-corrected chi connectivity index (χ1v) is 11.2. The number of nitrogens with one attached hydrogen (secondary N) is 2. The molecule has 3 aromatic carbocycles. The molecule has 1 atom stereocenters. The molecule has 1 unspecified atom stereocenters. The van der Waals surface area contributed by atoms with Crippen LogP contribution in [0.5, 0.6) is 0 Å². The number of hydrogen-bond donors (Lipinski definition) is 2. The van der Waals surface area contributed by atoms with Crippen molar-refractivity contribution < 1.29 is 8.42 Å². The zero-order chi connectivity index (χ0) is 19.3. The Labute approximate surface area is 178 Å². The Morgan fingerprint density at radius 3 is 2.04 bits per heavy atom. The second-order valence-electron chi connectivity index (χ2n) is 5.73. The predicted molar refractivity (Wildman–Crippen MR) is 121 cm³/mol. The molecule has 0 fully saturated rings. The fourth-order valence-electron chi connectivity index (χ4n) is 2.55. The van der Waals surface area contributed by atoms with Gasteiger partial charge in [-0.15, -0.1) is 0 Å². The van der Waals surface area contributed by atoms with Crippen LogP contribution < -0.4 is 10.6 Å². The number of thiocarbonyl (C=S) groups is 1. The molecule has 138 valence electrons. The molecule has 7 heteroatoms. The van der Waals surface area contributed by atoms with Gasteiger partial charge in [0.25, 0.3) is 0 Å². The number of sulfone groups is 1. The summed E-state index contributed by atoms with van der Waals surface area (Å²) in [5.74, 6) is 0. The molecule has 0 saturated carbocycles. The van der Waals surface area contributed by atoms with E-state index in [9.17, 15) is 8.42 Å². The molecule has 0 heterocycles. The van der Waals surface area contributed by atoms with Crippen molar-refractivity contribution >= 4 is 55.4 Å². The highest BCUT2D eigenvalue weighted by Crippen LogP contribution is 2.27. The molecule has 0 saturated heterocycles. The highest BCUT2D eigenvalue weighted by Gasteiger charge is 2.29. The van der Waals surface area contributed by atoms with Gasteiger partial charge in [0, 0.05) is 3.57 Å². The van der Waals surface area contributed by atoms with Crippen LogP contribution in [0.3, 0.4) is 0 Å². The fraction of sp³-hybridized carbons (Fsp3) is 0.0500. The number of anilines is 1. The normalized spacial score (nSPS) is 12.2. The van der Waals surface area contributed by atoms with Crippen LogP contribution in [0.4, 0.5) is 5.69 Å². The number of rotatable bonds is 5. The van der Waals surface area contributed by atoms with E-state index in [-0.39, 0.29) is 10.0 Å². The van der Waals surface area contributed by atoms with Gasteiger partial charge in [-0.3, -0.25) is 0 Å². The van der Waals surface area contributed by atoms with Crippen molar-refractivity contribution in [1.82, 2.24) is 5.32 Å². The molecule has 0 aliphatic rings. The molecule has 0 radical (unpaired) electrons. The lowest BCUT2D eigenvalue weighted by Gasteiger charge is -2.22. The van der Waals surface area contributed by atoms with Crippen molar-refractivity contribution in [2.45, 2.75) is 10.3 Å². The molecule has 3 rings (SSSR count). The van der Waals surface area contributed by atoms with Crippen molar-refractivity contribution in [3.05, 3.63) is 94.1 Å². The highest BCUT2D eigenvalue weighted by molar-refractivity contribution is 14.1. The molecule has 0 aliphatic heterocycles. The van der Waals surface area contributed by atoms with Crippen LogP contribution in [-0.2, 0) is 9.84 Å². The summed E-state index contributed by atoms with van der Waals surface area (Å²) >= 11 is 7.60. The highest BCUT2D eigenvalue weighted by atomic mass is 127. The van der Waals surface area contributed by atoms with Gasteiger partial charge in [-0.1, -0.05) is 60.7 Å².